The van der Waals surface area contributed by atoms with Crippen LogP contribution >= 0.6 is 11.8 Å². The van der Waals surface area contributed by atoms with Gasteiger partial charge in [-0.1, -0.05) is 72.4 Å². The molecule has 2 amide bonds. The Labute approximate surface area is 184 Å². The van der Waals surface area contributed by atoms with Crippen LogP contribution in [-0.2, 0) is 26.2 Å². The Morgan fingerprint density at radius 2 is 1.35 bits per heavy atom. The summed E-state index contributed by atoms with van der Waals surface area (Å²) in [7, 11) is -3.82. The first kappa shape index (κ1) is 21.0. The number of thioether (sulfide) groups is 1. The Morgan fingerprint density at radius 1 is 0.774 bits per heavy atom. The second kappa shape index (κ2) is 8.50. The maximum atomic E-state index is 13.3. The molecule has 0 spiro atoms. The zero-order valence-corrected chi connectivity index (χ0v) is 17.9. The molecule has 2 N–H and O–H groups in total. The molecular formula is C23H18N2O4S2. The molecule has 6 nitrogen and oxygen atoms in total. The molecule has 8 heteroatoms. The summed E-state index contributed by atoms with van der Waals surface area (Å²) in [6.45, 7) is 0.0255. The van der Waals surface area contributed by atoms with Gasteiger partial charge in [-0.05, 0) is 35.4 Å². The third-order valence-electron chi connectivity index (χ3n) is 4.74. The molecule has 0 aromatic heterocycles. The highest BCUT2D eigenvalue weighted by molar-refractivity contribution is 8.04. The number of rotatable bonds is 6. The first-order chi connectivity index (χ1) is 14.8. The molecule has 0 saturated heterocycles. The van der Waals surface area contributed by atoms with Crippen molar-refractivity contribution in [2.24, 2.45) is 5.14 Å². The molecule has 0 bridgehead atoms. The molecular weight excluding hydrogens is 432 g/mol. The van der Waals surface area contributed by atoms with Crippen molar-refractivity contribution >= 4 is 39.2 Å². The minimum Gasteiger partial charge on any atom is -0.269 e. The lowest BCUT2D eigenvalue weighted by Gasteiger charge is -2.15. The molecule has 31 heavy (non-hydrogen) atoms. The molecule has 4 rings (SSSR count). The van der Waals surface area contributed by atoms with Crippen molar-refractivity contribution in [1.29, 1.82) is 0 Å². The topological polar surface area (TPSA) is 97.5 Å². The molecule has 1 aliphatic heterocycles. The van der Waals surface area contributed by atoms with Gasteiger partial charge in [0.05, 0.1) is 21.9 Å². The van der Waals surface area contributed by atoms with E-state index in [1.165, 1.54) is 28.8 Å². The minimum atomic E-state index is -3.82. The number of nitrogens with zero attached hydrogens (tertiary/aromatic N) is 1. The summed E-state index contributed by atoms with van der Waals surface area (Å²) in [6.07, 6.45) is 0. The molecule has 0 saturated carbocycles. The zero-order chi connectivity index (χ0) is 22.0. The van der Waals surface area contributed by atoms with E-state index in [0.29, 0.717) is 21.6 Å². The smallest absolute Gasteiger partial charge is 0.268 e. The minimum absolute atomic E-state index is 0.0255. The average Bonchev–Trinajstić information content (AvgIpc) is 2.99. The summed E-state index contributed by atoms with van der Waals surface area (Å²) in [5.74, 6) is -0.765. The number of primary sulfonamides is 1. The van der Waals surface area contributed by atoms with Gasteiger partial charge in [0.15, 0.2) is 0 Å². The molecule has 0 fully saturated rings. The van der Waals surface area contributed by atoms with E-state index in [9.17, 15) is 18.0 Å². The molecule has 156 valence electrons. The number of carbonyl (C=O) groups is 2. The first-order valence-electron chi connectivity index (χ1n) is 9.35. The average molecular weight is 451 g/mol. The summed E-state index contributed by atoms with van der Waals surface area (Å²) >= 11 is 1.26. The summed E-state index contributed by atoms with van der Waals surface area (Å²) in [4.78, 5) is 28.9. The Kier molecular flexibility index (Phi) is 5.77. The fourth-order valence-electron chi connectivity index (χ4n) is 3.23. The van der Waals surface area contributed by atoms with Gasteiger partial charge >= 0.3 is 0 Å². The van der Waals surface area contributed by atoms with Gasteiger partial charge in [-0.15, -0.1) is 0 Å². The molecule has 0 aliphatic carbocycles. The molecule has 0 atom stereocenters. The van der Waals surface area contributed by atoms with Gasteiger partial charge in [-0.25, -0.2) is 13.6 Å². The van der Waals surface area contributed by atoms with Crippen LogP contribution in [0.3, 0.4) is 0 Å². The van der Waals surface area contributed by atoms with Crippen LogP contribution in [0.25, 0.3) is 5.57 Å². The van der Waals surface area contributed by atoms with Gasteiger partial charge in [0.25, 0.3) is 11.8 Å². The van der Waals surface area contributed by atoms with Crippen LogP contribution in [0.1, 0.15) is 11.1 Å². The molecule has 3 aromatic rings. The maximum absolute atomic E-state index is 13.3. The predicted molar refractivity (Wildman–Crippen MR) is 119 cm³/mol. The number of benzene rings is 3. The van der Waals surface area contributed by atoms with Crippen molar-refractivity contribution in [3.05, 3.63) is 101 Å². The van der Waals surface area contributed by atoms with Crippen molar-refractivity contribution in [2.75, 3.05) is 0 Å². The van der Waals surface area contributed by atoms with Crippen molar-refractivity contribution in [1.82, 2.24) is 4.90 Å². The SMILES string of the molecule is NS(=O)(=O)c1ccc(CN2C(=O)C(Sc3ccccc3)=C(c3ccccc3)C2=O)cc1. The number of sulfonamides is 1. The Balaban J connectivity index is 1.68. The number of hydrogen-bond donors (Lipinski definition) is 1. The van der Waals surface area contributed by atoms with Crippen LogP contribution in [0.4, 0.5) is 0 Å². The highest BCUT2D eigenvalue weighted by atomic mass is 32.2. The van der Waals surface area contributed by atoms with E-state index in [2.05, 4.69) is 0 Å². The van der Waals surface area contributed by atoms with Crippen LogP contribution in [0.15, 0.2) is 99.6 Å². The molecule has 0 radical (unpaired) electrons. The third kappa shape index (κ3) is 4.46. The summed E-state index contributed by atoms with van der Waals surface area (Å²) in [5, 5.41) is 5.13. The van der Waals surface area contributed by atoms with Gasteiger partial charge in [0, 0.05) is 4.90 Å². The van der Waals surface area contributed by atoms with Gasteiger partial charge in [0.2, 0.25) is 10.0 Å². The lowest BCUT2D eigenvalue weighted by atomic mass is 10.1. The number of carbonyl (C=O) groups excluding carboxylic acids is 2. The van der Waals surface area contributed by atoms with Crippen LogP contribution in [0.5, 0.6) is 0 Å². The molecule has 1 aliphatic rings. The highest BCUT2D eigenvalue weighted by Crippen LogP contribution is 2.40. The standard InChI is InChI=1S/C23H18N2O4S2/c24-31(28,29)19-13-11-16(12-14-19)15-25-22(26)20(17-7-3-1-4-8-17)21(23(25)27)30-18-9-5-2-6-10-18/h1-14H,15H2,(H2,24,28,29). The maximum Gasteiger partial charge on any atom is 0.268 e. The van der Waals surface area contributed by atoms with Crippen LogP contribution in [0, 0.1) is 0 Å². The number of hydrogen-bond acceptors (Lipinski definition) is 5. The Hall–Kier alpha value is -3.20. The predicted octanol–water partition coefficient (Wildman–Crippen LogP) is 3.41. The molecule has 1 heterocycles. The second-order valence-electron chi connectivity index (χ2n) is 6.87. The number of amides is 2. The van der Waals surface area contributed by atoms with Crippen LogP contribution in [-0.4, -0.2) is 25.1 Å². The molecule has 3 aromatic carbocycles. The van der Waals surface area contributed by atoms with Gasteiger partial charge in [0.1, 0.15) is 0 Å². The Morgan fingerprint density at radius 3 is 1.94 bits per heavy atom. The summed E-state index contributed by atoms with van der Waals surface area (Å²) in [5.41, 5.74) is 1.65. The lowest BCUT2D eigenvalue weighted by molar-refractivity contribution is -0.137. The van der Waals surface area contributed by atoms with E-state index in [-0.39, 0.29) is 23.3 Å². The Bertz CT molecular complexity index is 1270. The van der Waals surface area contributed by atoms with E-state index in [1.54, 1.807) is 24.3 Å². The first-order valence-corrected chi connectivity index (χ1v) is 11.7. The second-order valence-corrected chi connectivity index (χ2v) is 9.52. The van der Waals surface area contributed by atoms with Gasteiger partial charge in [-0.3, -0.25) is 14.5 Å². The summed E-state index contributed by atoms with van der Waals surface area (Å²) < 4.78 is 22.9. The van der Waals surface area contributed by atoms with Crippen LogP contribution in [0.2, 0.25) is 0 Å². The highest BCUT2D eigenvalue weighted by Gasteiger charge is 2.39. The summed E-state index contributed by atoms with van der Waals surface area (Å²) in [6, 6.07) is 24.3. The lowest BCUT2D eigenvalue weighted by Crippen LogP contribution is -2.31. The van der Waals surface area contributed by atoms with Crippen molar-refractivity contribution in [3.8, 4) is 0 Å². The van der Waals surface area contributed by atoms with E-state index in [4.69, 9.17) is 5.14 Å². The normalized spacial score (nSPS) is 14.4. The van der Waals surface area contributed by atoms with Crippen molar-refractivity contribution in [3.63, 3.8) is 0 Å². The fraction of sp³-hybridized carbons (Fsp3) is 0.0435. The number of imide groups is 1. The number of nitrogens with two attached hydrogens (primary N) is 1. The quantitative estimate of drug-likeness (QED) is 0.581. The van der Waals surface area contributed by atoms with E-state index in [1.807, 2.05) is 48.5 Å². The largest absolute Gasteiger partial charge is 0.269 e. The monoisotopic (exact) mass is 450 g/mol. The third-order valence-corrected chi connectivity index (χ3v) is 6.76. The zero-order valence-electron chi connectivity index (χ0n) is 16.3. The van der Waals surface area contributed by atoms with Crippen molar-refractivity contribution in [2.45, 2.75) is 16.3 Å². The van der Waals surface area contributed by atoms with E-state index in [0.717, 1.165) is 4.90 Å². The molecule has 0 unspecified atom stereocenters. The van der Waals surface area contributed by atoms with Gasteiger partial charge < -0.3 is 0 Å². The van der Waals surface area contributed by atoms with E-state index < -0.39 is 10.0 Å². The van der Waals surface area contributed by atoms with Crippen molar-refractivity contribution < 1.29 is 18.0 Å². The van der Waals surface area contributed by atoms with Crippen LogP contribution < -0.4 is 5.14 Å². The van der Waals surface area contributed by atoms with Gasteiger partial charge in [-0.2, -0.15) is 0 Å². The fourth-order valence-corrected chi connectivity index (χ4v) is 4.77. The van der Waals surface area contributed by atoms with E-state index >= 15 is 0 Å².